The number of nitrogens with one attached hydrogen (secondary N) is 1. The molecule has 8 heteroatoms. The molecule has 2 aliphatic heterocycles. The van der Waals surface area contributed by atoms with Crippen molar-refractivity contribution in [3.63, 3.8) is 0 Å². The summed E-state index contributed by atoms with van der Waals surface area (Å²) in [6.07, 6.45) is 3.73. The van der Waals surface area contributed by atoms with E-state index in [2.05, 4.69) is 10.4 Å². The molecule has 3 heterocycles. The normalized spacial score (nSPS) is 25.2. The minimum absolute atomic E-state index is 0. The molecule has 6 nitrogen and oxygen atoms in total. The molecule has 4 rings (SSSR count). The molecule has 2 fully saturated rings. The van der Waals surface area contributed by atoms with Gasteiger partial charge in [0.15, 0.2) is 0 Å². The molecule has 3 atom stereocenters. The van der Waals surface area contributed by atoms with Crippen molar-refractivity contribution in [1.82, 2.24) is 20.0 Å². The zero-order valence-electron chi connectivity index (χ0n) is 15.9. The van der Waals surface area contributed by atoms with Crippen LogP contribution in [-0.2, 0) is 4.74 Å². The fraction of sp³-hybridized carbons (Fsp3) is 0.500. The van der Waals surface area contributed by atoms with Crippen LogP contribution in [0.2, 0.25) is 0 Å². The van der Waals surface area contributed by atoms with Crippen LogP contribution in [0.1, 0.15) is 48.0 Å². The number of nitrogens with zero attached hydrogens (tertiary/aromatic N) is 3. The van der Waals surface area contributed by atoms with Crippen molar-refractivity contribution in [2.45, 2.75) is 38.0 Å². The van der Waals surface area contributed by atoms with Crippen molar-refractivity contribution in [3.05, 3.63) is 53.6 Å². The average Bonchev–Trinajstić information content (AvgIpc) is 3.18. The largest absolute Gasteiger partial charge is 0.367 e. The van der Waals surface area contributed by atoms with Gasteiger partial charge >= 0.3 is 0 Å². The predicted molar refractivity (Wildman–Crippen MR) is 106 cm³/mol. The molecule has 0 aliphatic carbocycles. The van der Waals surface area contributed by atoms with Crippen LogP contribution < -0.4 is 5.32 Å². The Labute approximate surface area is 170 Å². The van der Waals surface area contributed by atoms with Crippen molar-refractivity contribution in [2.24, 2.45) is 0 Å². The number of piperidine rings is 1. The third-order valence-electron chi connectivity index (χ3n) is 5.26. The Balaban J connectivity index is 0.00000225. The Morgan fingerprint density at radius 1 is 1.25 bits per heavy atom. The number of carbonyl (C=O) groups is 1. The van der Waals surface area contributed by atoms with Gasteiger partial charge in [-0.25, -0.2) is 4.39 Å². The van der Waals surface area contributed by atoms with Crippen LogP contribution in [0.25, 0.3) is 0 Å². The maximum atomic E-state index is 13.2. The van der Waals surface area contributed by atoms with Gasteiger partial charge in [0, 0.05) is 19.3 Å². The lowest BCUT2D eigenvalue weighted by atomic mass is 10.1. The molecule has 3 unspecified atom stereocenters. The quantitative estimate of drug-likeness (QED) is 0.848. The number of morpholine rings is 1. The monoisotopic (exact) mass is 408 g/mol. The van der Waals surface area contributed by atoms with Crippen LogP contribution in [-0.4, -0.2) is 52.9 Å². The molecule has 0 bridgehead atoms. The van der Waals surface area contributed by atoms with Crippen molar-refractivity contribution in [3.8, 4) is 0 Å². The Bertz CT molecular complexity index is 792. The van der Waals surface area contributed by atoms with Crippen molar-refractivity contribution in [1.29, 1.82) is 0 Å². The molecule has 2 saturated heterocycles. The van der Waals surface area contributed by atoms with E-state index in [0.717, 1.165) is 31.5 Å². The maximum Gasteiger partial charge on any atom is 0.274 e. The first-order valence-electron chi connectivity index (χ1n) is 9.56. The van der Waals surface area contributed by atoms with Crippen LogP contribution in [0.15, 0.2) is 36.5 Å². The first-order chi connectivity index (χ1) is 13.1. The van der Waals surface area contributed by atoms with Crippen LogP contribution in [0, 0.1) is 5.82 Å². The molecule has 1 aromatic carbocycles. The van der Waals surface area contributed by atoms with Gasteiger partial charge in [0.25, 0.3) is 5.91 Å². The second kappa shape index (κ2) is 9.03. The summed E-state index contributed by atoms with van der Waals surface area (Å²) < 4.78 is 21.1. The van der Waals surface area contributed by atoms with E-state index in [4.69, 9.17) is 4.74 Å². The minimum atomic E-state index is -0.279. The molecule has 0 radical (unpaired) electrons. The lowest BCUT2D eigenvalue weighted by Crippen LogP contribution is -2.46. The molecule has 152 valence electrons. The highest BCUT2D eigenvalue weighted by Gasteiger charge is 2.31. The van der Waals surface area contributed by atoms with E-state index in [0.29, 0.717) is 24.8 Å². The van der Waals surface area contributed by atoms with Gasteiger partial charge in [-0.15, -0.1) is 12.4 Å². The molecular formula is C20H26ClFN4O2. The van der Waals surface area contributed by atoms with Crippen molar-refractivity contribution in [2.75, 3.05) is 26.2 Å². The van der Waals surface area contributed by atoms with E-state index in [-0.39, 0.29) is 36.3 Å². The number of ether oxygens (including phenoxy) is 1. The summed E-state index contributed by atoms with van der Waals surface area (Å²) in [5.74, 6) is -0.363. The van der Waals surface area contributed by atoms with Crippen LogP contribution in [0.4, 0.5) is 4.39 Å². The molecule has 1 aromatic heterocycles. The van der Waals surface area contributed by atoms with Crippen molar-refractivity contribution >= 4 is 18.3 Å². The molecule has 1 N–H and O–H groups in total. The molecule has 0 spiro atoms. The van der Waals surface area contributed by atoms with Gasteiger partial charge in [-0.05, 0) is 50.1 Å². The predicted octanol–water partition coefficient (Wildman–Crippen LogP) is 2.97. The van der Waals surface area contributed by atoms with E-state index < -0.39 is 0 Å². The Morgan fingerprint density at radius 2 is 2.04 bits per heavy atom. The Morgan fingerprint density at radius 3 is 2.75 bits per heavy atom. The third kappa shape index (κ3) is 4.54. The molecule has 1 amide bonds. The number of amides is 1. The van der Waals surface area contributed by atoms with Gasteiger partial charge in [0.05, 0.1) is 18.7 Å². The zero-order chi connectivity index (χ0) is 18.8. The lowest BCUT2D eigenvalue weighted by molar-refractivity contribution is -0.0693. The van der Waals surface area contributed by atoms with E-state index >= 15 is 0 Å². The second-order valence-corrected chi connectivity index (χ2v) is 7.38. The van der Waals surface area contributed by atoms with E-state index in [1.807, 2.05) is 17.8 Å². The number of rotatable bonds is 3. The summed E-state index contributed by atoms with van der Waals surface area (Å²) in [6.45, 7) is 4.83. The summed E-state index contributed by atoms with van der Waals surface area (Å²) in [4.78, 5) is 14.8. The molecular weight excluding hydrogens is 383 g/mol. The summed E-state index contributed by atoms with van der Waals surface area (Å²) in [6, 6.07) is 8.37. The van der Waals surface area contributed by atoms with Crippen LogP contribution in [0.3, 0.4) is 0 Å². The van der Waals surface area contributed by atoms with Gasteiger partial charge < -0.3 is 15.0 Å². The van der Waals surface area contributed by atoms with E-state index in [1.54, 1.807) is 23.1 Å². The lowest BCUT2D eigenvalue weighted by Gasteiger charge is -2.36. The van der Waals surface area contributed by atoms with Gasteiger partial charge in [-0.1, -0.05) is 12.1 Å². The summed E-state index contributed by atoms with van der Waals surface area (Å²) in [5, 5.41) is 7.91. The second-order valence-electron chi connectivity index (χ2n) is 7.38. The van der Waals surface area contributed by atoms with Gasteiger partial charge in [0.1, 0.15) is 17.6 Å². The van der Waals surface area contributed by atoms with Gasteiger partial charge in [-0.2, -0.15) is 5.10 Å². The Hall–Kier alpha value is -1.96. The Kier molecular flexibility index (Phi) is 6.69. The average molecular weight is 409 g/mol. The molecule has 0 saturated carbocycles. The van der Waals surface area contributed by atoms with Crippen molar-refractivity contribution < 1.29 is 13.9 Å². The number of benzene rings is 1. The van der Waals surface area contributed by atoms with Gasteiger partial charge in [0.2, 0.25) is 0 Å². The van der Waals surface area contributed by atoms with E-state index in [1.165, 1.54) is 12.1 Å². The SMILES string of the molecule is CC1CN(C(=O)c2ccn(C3CCCNC3)n2)CC(c2ccc(F)cc2)O1.Cl. The smallest absolute Gasteiger partial charge is 0.274 e. The zero-order valence-corrected chi connectivity index (χ0v) is 16.7. The van der Waals surface area contributed by atoms with Crippen LogP contribution >= 0.6 is 12.4 Å². The fourth-order valence-electron chi connectivity index (χ4n) is 3.86. The highest BCUT2D eigenvalue weighted by atomic mass is 35.5. The van der Waals surface area contributed by atoms with E-state index in [9.17, 15) is 9.18 Å². The van der Waals surface area contributed by atoms with Gasteiger partial charge in [-0.3, -0.25) is 9.48 Å². The number of hydrogen-bond donors (Lipinski definition) is 1. The summed E-state index contributed by atoms with van der Waals surface area (Å²) in [5.41, 5.74) is 1.34. The number of halogens is 2. The summed E-state index contributed by atoms with van der Waals surface area (Å²) >= 11 is 0. The standard InChI is InChI=1S/C20H25FN4O2.ClH/c1-14-12-24(13-19(27-14)15-4-6-16(21)7-5-15)20(26)18-8-10-25(23-18)17-3-2-9-22-11-17;/h4-8,10,14,17,19,22H,2-3,9,11-13H2,1H3;1H. The molecule has 28 heavy (non-hydrogen) atoms. The number of hydrogen-bond acceptors (Lipinski definition) is 4. The topological polar surface area (TPSA) is 59.4 Å². The highest BCUT2D eigenvalue weighted by Crippen LogP contribution is 2.26. The maximum absolute atomic E-state index is 13.2. The first kappa shape index (κ1) is 20.8. The highest BCUT2D eigenvalue weighted by molar-refractivity contribution is 5.92. The number of aromatic nitrogens is 2. The third-order valence-corrected chi connectivity index (χ3v) is 5.26. The number of carbonyl (C=O) groups excluding carboxylic acids is 1. The minimum Gasteiger partial charge on any atom is -0.367 e. The fourth-order valence-corrected chi connectivity index (χ4v) is 3.86. The van der Waals surface area contributed by atoms with Crippen LogP contribution in [0.5, 0.6) is 0 Å². The first-order valence-corrected chi connectivity index (χ1v) is 9.56. The molecule has 2 aliphatic rings. The summed E-state index contributed by atoms with van der Waals surface area (Å²) in [7, 11) is 0. The molecule has 2 aromatic rings.